The predicted molar refractivity (Wildman–Crippen MR) is 87.0 cm³/mol. The standard InChI is InChI=1S/C16H17ClN4O/c17-14-7-15(21-8-12-5-6-13(9-21)22-12)20-16(19-14)10-1-3-11(18)4-2-10/h1-4,7,12-13H,5-6,8-9,18H2. The number of hydrogen-bond donors (Lipinski definition) is 1. The molecule has 4 rings (SSSR count). The van der Waals surface area contributed by atoms with Crippen LogP contribution in [0.25, 0.3) is 11.4 Å². The Morgan fingerprint density at radius 3 is 2.45 bits per heavy atom. The molecule has 2 aliphatic heterocycles. The van der Waals surface area contributed by atoms with E-state index in [1.807, 2.05) is 30.3 Å². The molecule has 2 unspecified atom stereocenters. The highest BCUT2D eigenvalue weighted by Crippen LogP contribution is 2.30. The van der Waals surface area contributed by atoms with Crippen molar-refractivity contribution in [3.05, 3.63) is 35.5 Å². The van der Waals surface area contributed by atoms with Crippen LogP contribution in [0.4, 0.5) is 11.5 Å². The number of aromatic nitrogens is 2. The number of halogens is 1. The molecule has 6 heteroatoms. The molecule has 114 valence electrons. The first kappa shape index (κ1) is 13.8. The fourth-order valence-corrected chi connectivity index (χ4v) is 3.31. The minimum atomic E-state index is 0.312. The van der Waals surface area contributed by atoms with Gasteiger partial charge in [0, 0.05) is 30.4 Å². The first-order valence-corrected chi connectivity index (χ1v) is 7.86. The Bertz CT molecular complexity index is 679. The van der Waals surface area contributed by atoms with Crippen molar-refractivity contribution < 1.29 is 4.74 Å². The third kappa shape index (κ3) is 2.62. The van der Waals surface area contributed by atoms with Gasteiger partial charge in [0.25, 0.3) is 0 Å². The summed E-state index contributed by atoms with van der Waals surface area (Å²) in [5.74, 6) is 1.49. The van der Waals surface area contributed by atoms with Crippen LogP contribution in [0.5, 0.6) is 0 Å². The summed E-state index contributed by atoms with van der Waals surface area (Å²) in [6, 6.07) is 9.33. The Hall–Kier alpha value is -1.85. The summed E-state index contributed by atoms with van der Waals surface area (Å²) in [6.45, 7) is 1.73. The lowest BCUT2D eigenvalue weighted by atomic mass is 10.2. The van der Waals surface area contributed by atoms with Gasteiger partial charge in [0.1, 0.15) is 11.0 Å². The number of anilines is 2. The van der Waals surface area contributed by atoms with Gasteiger partial charge in [0.15, 0.2) is 5.82 Å². The van der Waals surface area contributed by atoms with Crippen LogP contribution in [0.15, 0.2) is 30.3 Å². The van der Waals surface area contributed by atoms with Gasteiger partial charge in [-0.05, 0) is 37.1 Å². The van der Waals surface area contributed by atoms with Gasteiger partial charge >= 0.3 is 0 Å². The van der Waals surface area contributed by atoms with Gasteiger partial charge in [0.2, 0.25) is 0 Å². The Kier molecular flexibility index (Phi) is 3.39. The maximum atomic E-state index is 6.21. The van der Waals surface area contributed by atoms with Crippen molar-refractivity contribution in [2.24, 2.45) is 0 Å². The fourth-order valence-electron chi connectivity index (χ4n) is 3.13. The zero-order chi connectivity index (χ0) is 15.1. The average molecular weight is 317 g/mol. The van der Waals surface area contributed by atoms with Crippen molar-refractivity contribution in [1.29, 1.82) is 0 Å². The van der Waals surface area contributed by atoms with Gasteiger partial charge in [-0.1, -0.05) is 11.6 Å². The predicted octanol–water partition coefficient (Wildman–Crippen LogP) is 2.75. The number of benzene rings is 1. The van der Waals surface area contributed by atoms with Crippen molar-refractivity contribution in [2.45, 2.75) is 25.0 Å². The molecule has 1 aromatic heterocycles. The molecule has 2 bridgehead atoms. The summed E-state index contributed by atoms with van der Waals surface area (Å²) in [6.07, 6.45) is 2.88. The number of ether oxygens (including phenoxy) is 1. The smallest absolute Gasteiger partial charge is 0.163 e. The zero-order valence-electron chi connectivity index (χ0n) is 12.1. The fraction of sp³-hybridized carbons (Fsp3) is 0.375. The van der Waals surface area contributed by atoms with E-state index in [4.69, 9.17) is 22.1 Å². The third-order valence-electron chi connectivity index (χ3n) is 4.22. The monoisotopic (exact) mass is 316 g/mol. The van der Waals surface area contributed by atoms with E-state index in [9.17, 15) is 0 Å². The second kappa shape index (κ2) is 5.41. The molecule has 3 heterocycles. The topological polar surface area (TPSA) is 64.3 Å². The number of nitrogen functional groups attached to an aromatic ring is 1. The van der Waals surface area contributed by atoms with E-state index in [2.05, 4.69) is 14.9 Å². The SMILES string of the molecule is Nc1ccc(-c2nc(Cl)cc(N3CC4CCC(C3)O4)n2)cc1. The van der Waals surface area contributed by atoms with E-state index in [-0.39, 0.29) is 0 Å². The molecule has 0 radical (unpaired) electrons. The molecule has 2 atom stereocenters. The minimum absolute atomic E-state index is 0.312. The van der Waals surface area contributed by atoms with Crippen molar-refractivity contribution in [1.82, 2.24) is 9.97 Å². The van der Waals surface area contributed by atoms with E-state index in [0.29, 0.717) is 23.2 Å². The van der Waals surface area contributed by atoms with E-state index in [1.165, 1.54) is 0 Å². The van der Waals surface area contributed by atoms with Crippen molar-refractivity contribution in [3.8, 4) is 11.4 Å². The molecule has 2 fully saturated rings. The normalized spacial score (nSPS) is 23.8. The number of nitrogens with two attached hydrogens (primary N) is 1. The molecular weight excluding hydrogens is 300 g/mol. The van der Waals surface area contributed by atoms with Crippen LogP contribution >= 0.6 is 11.6 Å². The molecule has 22 heavy (non-hydrogen) atoms. The Balaban J connectivity index is 1.67. The quantitative estimate of drug-likeness (QED) is 0.682. The molecule has 2 saturated heterocycles. The lowest BCUT2D eigenvalue weighted by Gasteiger charge is -2.33. The maximum absolute atomic E-state index is 6.21. The van der Waals surface area contributed by atoms with Crippen molar-refractivity contribution in [3.63, 3.8) is 0 Å². The molecule has 1 aromatic carbocycles. The van der Waals surface area contributed by atoms with Crippen LogP contribution in [0.3, 0.4) is 0 Å². The summed E-state index contributed by atoms with van der Waals surface area (Å²) >= 11 is 6.21. The van der Waals surface area contributed by atoms with Crippen LogP contribution in [-0.4, -0.2) is 35.3 Å². The molecule has 0 amide bonds. The number of rotatable bonds is 2. The molecule has 0 spiro atoms. The highest BCUT2D eigenvalue weighted by atomic mass is 35.5. The summed E-state index contributed by atoms with van der Waals surface area (Å²) in [4.78, 5) is 11.3. The van der Waals surface area contributed by atoms with Crippen LogP contribution < -0.4 is 10.6 Å². The maximum Gasteiger partial charge on any atom is 0.163 e. The van der Waals surface area contributed by atoms with E-state index < -0.39 is 0 Å². The van der Waals surface area contributed by atoms with Crippen LogP contribution in [-0.2, 0) is 4.74 Å². The van der Waals surface area contributed by atoms with Crippen molar-refractivity contribution in [2.75, 3.05) is 23.7 Å². The van der Waals surface area contributed by atoms with Gasteiger partial charge < -0.3 is 15.4 Å². The van der Waals surface area contributed by atoms with Crippen LogP contribution in [0.1, 0.15) is 12.8 Å². The zero-order valence-corrected chi connectivity index (χ0v) is 12.8. The molecular formula is C16H17ClN4O. The van der Waals surface area contributed by atoms with Gasteiger partial charge in [-0.25, -0.2) is 9.97 Å². The Morgan fingerprint density at radius 2 is 1.77 bits per heavy atom. The van der Waals surface area contributed by atoms with E-state index in [1.54, 1.807) is 0 Å². The van der Waals surface area contributed by atoms with Crippen LogP contribution in [0, 0.1) is 0 Å². The van der Waals surface area contributed by atoms with Crippen molar-refractivity contribution >= 4 is 23.1 Å². The Morgan fingerprint density at radius 1 is 1.09 bits per heavy atom. The highest BCUT2D eigenvalue weighted by molar-refractivity contribution is 6.29. The highest BCUT2D eigenvalue weighted by Gasteiger charge is 2.34. The second-order valence-corrected chi connectivity index (χ2v) is 6.24. The molecule has 2 aliphatic rings. The largest absolute Gasteiger partial charge is 0.399 e. The second-order valence-electron chi connectivity index (χ2n) is 5.86. The summed E-state index contributed by atoms with van der Waals surface area (Å²) in [7, 11) is 0. The lowest BCUT2D eigenvalue weighted by molar-refractivity contribution is 0.0302. The average Bonchev–Trinajstić information content (AvgIpc) is 2.85. The molecule has 2 N–H and O–H groups in total. The number of fused-ring (bicyclic) bond motifs is 2. The lowest BCUT2D eigenvalue weighted by Crippen LogP contribution is -2.43. The van der Waals surface area contributed by atoms with E-state index >= 15 is 0 Å². The minimum Gasteiger partial charge on any atom is -0.399 e. The van der Waals surface area contributed by atoms with E-state index in [0.717, 1.165) is 43.0 Å². The molecule has 5 nitrogen and oxygen atoms in total. The molecule has 0 saturated carbocycles. The Labute approximate surface area is 134 Å². The number of morpholine rings is 1. The third-order valence-corrected chi connectivity index (χ3v) is 4.41. The van der Waals surface area contributed by atoms with Gasteiger partial charge in [-0.3, -0.25) is 0 Å². The number of hydrogen-bond acceptors (Lipinski definition) is 5. The summed E-state index contributed by atoms with van der Waals surface area (Å²) in [5, 5.41) is 0.454. The molecule has 2 aromatic rings. The summed E-state index contributed by atoms with van der Waals surface area (Å²) in [5.41, 5.74) is 7.36. The number of nitrogens with zero attached hydrogens (tertiary/aromatic N) is 3. The first-order valence-electron chi connectivity index (χ1n) is 7.48. The van der Waals surface area contributed by atoms with Crippen LogP contribution in [0.2, 0.25) is 5.15 Å². The van der Waals surface area contributed by atoms with Gasteiger partial charge in [-0.2, -0.15) is 0 Å². The van der Waals surface area contributed by atoms with Gasteiger partial charge in [-0.15, -0.1) is 0 Å². The van der Waals surface area contributed by atoms with Gasteiger partial charge in [0.05, 0.1) is 12.2 Å². The summed E-state index contributed by atoms with van der Waals surface area (Å²) < 4.78 is 5.88. The first-order chi connectivity index (χ1) is 10.7. The molecule has 0 aliphatic carbocycles.